The summed E-state index contributed by atoms with van der Waals surface area (Å²) in [6.45, 7) is 19.6. The second-order valence-electron chi connectivity index (χ2n) is 17.9. The SMILES string of the molecule is CCC(C(=O)O)[C@H]1CC[C@H](C)C([C@@H](C)[C@H](O)[C@H](C)C(=O)[C@H](CC)[C@H]2O[C@]3(C=C[C@@H](O)[C@]4(CC[C@@](C)([C@H]5CC[C@](O)(CC)[C@H](C)O5)O4)O3)[C@H](C)C[C@@H]2C)O1. The first kappa shape index (κ1) is 42.7. The maximum Gasteiger partial charge on any atom is 0.309 e. The van der Waals surface area contributed by atoms with Crippen LogP contribution >= 0.6 is 0 Å². The number of carboxylic acid groups (broad SMARTS) is 1. The van der Waals surface area contributed by atoms with Crippen molar-refractivity contribution in [1.82, 2.24) is 0 Å². The number of carbonyl (C=O) groups excluding carboxylic acids is 1. The van der Waals surface area contributed by atoms with Crippen molar-refractivity contribution in [1.29, 1.82) is 0 Å². The monoisotopic (exact) mass is 750 g/mol. The zero-order chi connectivity index (χ0) is 39.3. The molecule has 11 heteroatoms. The predicted octanol–water partition coefficient (Wildman–Crippen LogP) is 6.19. The Morgan fingerprint density at radius 2 is 1.57 bits per heavy atom. The molecule has 4 fully saturated rings. The molecule has 5 aliphatic heterocycles. The average Bonchev–Trinajstić information content (AvgIpc) is 3.47. The van der Waals surface area contributed by atoms with Crippen LogP contribution < -0.4 is 0 Å². The zero-order valence-corrected chi connectivity index (χ0v) is 34.0. The van der Waals surface area contributed by atoms with Crippen LogP contribution in [0.5, 0.6) is 0 Å². The number of aliphatic hydroxyl groups excluding tert-OH is 2. The molecule has 0 bridgehead atoms. The summed E-state index contributed by atoms with van der Waals surface area (Å²) in [7, 11) is 0. The van der Waals surface area contributed by atoms with Gasteiger partial charge in [0.1, 0.15) is 11.9 Å². The highest BCUT2D eigenvalue weighted by Crippen LogP contribution is 2.54. The summed E-state index contributed by atoms with van der Waals surface area (Å²) in [6.07, 6.45) is 5.51. The normalized spacial score (nSPS) is 46.2. The van der Waals surface area contributed by atoms with Gasteiger partial charge in [-0.3, -0.25) is 9.59 Å². The summed E-state index contributed by atoms with van der Waals surface area (Å²) in [4.78, 5) is 26.4. The smallest absolute Gasteiger partial charge is 0.309 e. The summed E-state index contributed by atoms with van der Waals surface area (Å²) in [5.41, 5.74) is -1.63. The van der Waals surface area contributed by atoms with E-state index in [1.807, 2.05) is 41.5 Å². The van der Waals surface area contributed by atoms with Crippen molar-refractivity contribution < 1.29 is 53.7 Å². The molecule has 304 valence electrons. The molecular weight excluding hydrogens is 680 g/mol. The third-order valence-electron chi connectivity index (χ3n) is 14.4. The third-order valence-corrected chi connectivity index (χ3v) is 14.4. The van der Waals surface area contributed by atoms with Gasteiger partial charge in [-0.15, -0.1) is 0 Å². The fourth-order valence-corrected chi connectivity index (χ4v) is 10.5. The van der Waals surface area contributed by atoms with Crippen LogP contribution in [-0.2, 0) is 33.3 Å². The molecule has 2 unspecified atom stereocenters. The van der Waals surface area contributed by atoms with E-state index in [4.69, 9.17) is 23.7 Å². The second-order valence-corrected chi connectivity index (χ2v) is 17.9. The Hall–Kier alpha value is -1.44. The molecular formula is C42H70O11. The Morgan fingerprint density at radius 3 is 2.17 bits per heavy atom. The lowest BCUT2D eigenvalue weighted by atomic mass is 9.72. The van der Waals surface area contributed by atoms with Gasteiger partial charge < -0.3 is 44.1 Å². The molecule has 4 saturated heterocycles. The topological polar surface area (TPSA) is 161 Å². The first-order valence-electron chi connectivity index (χ1n) is 20.7. The van der Waals surface area contributed by atoms with Crippen molar-refractivity contribution >= 4 is 11.8 Å². The number of carbonyl (C=O) groups is 2. The first-order valence-corrected chi connectivity index (χ1v) is 20.7. The number of Topliss-reactive ketones (excluding diaryl/α,β-unsaturated/α-hetero) is 1. The molecule has 18 atom stereocenters. The van der Waals surface area contributed by atoms with Crippen LogP contribution in [0.2, 0.25) is 0 Å². The van der Waals surface area contributed by atoms with Gasteiger partial charge in [0.15, 0.2) is 5.79 Å². The van der Waals surface area contributed by atoms with Crippen LogP contribution in [0.25, 0.3) is 0 Å². The number of hydrogen-bond acceptors (Lipinski definition) is 10. The summed E-state index contributed by atoms with van der Waals surface area (Å²) in [6, 6.07) is 0. The lowest BCUT2D eigenvalue weighted by Gasteiger charge is -2.54. The number of carboxylic acids is 1. The number of rotatable bonds is 12. The fraction of sp³-hybridized carbons (Fsp3) is 0.905. The minimum absolute atomic E-state index is 0.0137. The molecule has 0 radical (unpaired) electrons. The Labute approximate surface area is 317 Å². The molecule has 0 amide bonds. The summed E-state index contributed by atoms with van der Waals surface area (Å²) >= 11 is 0. The Balaban J connectivity index is 1.31. The number of ether oxygens (including phenoxy) is 5. The van der Waals surface area contributed by atoms with Crippen molar-refractivity contribution in [2.45, 2.75) is 199 Å². The highest BCUT2D eigenvalue weighted by molar-refractivity contribution is 5.84. The summed E-state index contributed by atoms with van der Waals surface area (Å²) in [5, 5.41) is 44.0. The van der Waals surface area contributed by atoms with Gasteiger partial charge in [0.25, 0.3) is 0 Å². The van der Waals surface area contributed by atoms with E-state index in [-0.39, 0.29) is 41.8 Å². The molecule has 0 aromatic heterocycles. The van der Waals surface area contributed by atoms with Crippen molar-refractivity contribution in [3.8, 4) is 0 Å². The Bertz CT molecular complexity index is 1320. The molecule has 0 saturated carbocycles. The standard InChI is InChI=1S/C42H70O11/c1-11-29(38(46)47)31-15-14-23(4)36(50-31)27(8)34(44)26(7)35(45)30(12-2)37-24(5)22-25(6)41(51-37)19-16-32(43)42(53-41)21-20-39(10,52-42)33-17-18-40(48,13-3)28(9)49-33/h16,19,23-34,36-37,43-44,48H,11-15,17-18,20-22H2,1-10H3,(H,46,47)/t23-,24-,25+,26-,27-,28-,29?,30-,31+,32+,33+,34+,36?,37-,39-,40+,41-,42-/m0/s1. The molecule has 5 rings (SSSR count). The number of hydrogen-bond donors (Lipinski definition) is 4. The molecule has 4 N–H and O–H groups in total. The molecule has 11 nitrogen and oxygen atoms in total. The highest BCUT2D eigenvalue weighted by Gasteiger charge is 2.63. The van der Waals surface area contributed by atoms with Gasteiger partial charge in [0.2, 0.25) is 5.79 Å². The van der Waals surface area contributed by atoms with E-state index >= 15 is 0 Å². The van der Waals surface area contributed by atoms with Crippen LogP contribution in [0.4, 0.5) is 0 Å². The van der Waals surface area contributed by atoms with Crippen LogP contribution in [-0.4, -0.2) is 97.7 Å². The molecule has 5 heterocycles. The van der Waals surface area contributed by atoms with Crippen LogP contribution in [0.15, 0.2) is 12.2 Å². The maximum atomic E-state index is 14.4. The van der Waals surface area contributed by atoms with Crippen LogP contribution in [0.3, 0.4) is 0 Å². The zero-order valence-electron chi connectivity index (χ0n) is 34.0. The van der Waals surface area contributed by atoms with Crippen molar-refractivity contribution in [2.24, 2.45) is 41.4 Å². The highest BCUT2D eigenvalue weighted by atomic mass is 16.8. The predicted molar refractivity (Wildman–Crippen MR) is 199 cm³/mol. The lowest BCUT2D eigenvalue weighted by molar-refractivity contribution is -0.409. The molecule has 0 aliphatic carbocycles. The molecule has 5 aliphatic rings. The van der Waals surface area contributed by atoms with Gasteiger partial charge in [-0.25, -0.2) is 0 Å². The number of ketones is 1. The number of aliphatic carboxylic acids is 1. The van der Waals surface area contributed by atoms with E-state index in [0.717, 1.165) is 6.42 Å². The van der Waals surface area contributed by atoms with Crippen molar-refractivity contribution in [3.63, 3.8) is 0 Å². The van der Waals surface area contributed by atoms with E-state index in [9.17, 15) is 30.0 Å². The van der Waals surface area contributed by atoms with E-state index in [1.54, 1.807) is 19.1 Å². The minimum Gasteiger partial charge on any atom is -0.481 e. The van der Waals surface area contributed by atoms with E-state index in [2.05, 4.69) is 20.8 Å². The minimum atomic E-state index is -1.37. The third kappa shape index (κ3) is 7.94. The Morgan fingerprint density at radius 1 is 0.887 bits per heavy atom. The van der Waals surface area contributed by atoms with E-state index < -0.39 is 76.8 Å². The van der Waals surface area contributed by atoms with Crippen LogP contribution in [0, 0.1) is 41.4 Å². The van der Waals surface area contributed by atoms with Gasteiger partial charge in [-0.1, -0.05) is 55.4 Å². The molecule has 0 aromatic rings. The van der Waals surface area contributed by atoms with E-state index in [0.29, 0.717) is 57.8 Å². The largest absolute Gasteiger partial charge is 0.481 e. The van der Waals surface area contributed by atoms with Gasteiger partial charge in [-0.05, 0) is 95.6 Å². The van der Waals surface area contributed by atoms with Gasteiger partial charge in [0.05, 0.1) is 53.7 Å². The van der Waals surface area contributed by atoms with Gasteiger partial charge >= 0.3 is 5.97 Å². The molecule has 53 heavy (non-hydrogen) atoms. The maximum absolute atomic E-state index is 14.4. The summed E-state index contributed by atoms with van der Waals surface area (Å²) < 4.78 is 33.5. The molecule has 2 spiro atoms. The van der Waals surface area contributed by atoms with Gasteiger partial charge in [0, 0.05) is 30.1 Å². The summed E-state index contributed by atoms with van der Waals surface area (Å²) in [5.74, 6) is -5.78. The Kier molecular flexibility index (Phi) is 13.0. The van der Waals surface area contributed by atoms with Crippen molar-refractivity contribution in [2.75, 3.05) is 0 Å². The average molecular weight is 751 g/mol. The van der Waals surface area contributed by atoms with Crippen molar-refractivity contribution in [3.05, 3.63) is 12.2 Å². The quantitative estimate of drug-likeness (QED) is 0.169. The first-order chi connectivity index (χ1) is 24.8. The number of aliphatic hydroxyl groups is 3. The molecule has 0 aromatic carbocycles. The van der Waals surface area contributed by atoms with E-state index in [1.165, 1.54) is 0 Å². The fourth-order valence-electron chi connectivity index (χ4n) is 10.5. The van der Waals surface area contributed by atoms with Gasteiger partial charge in [-0.2, -0.15) is 0 Å². The lowest BCUT2D eigenvalue weighted by Crippen LogP contribution is -2.63. The second kappa shape index (κ2) is 16.2. The van der Waals surface area contributed by atoms with Crippen LogP contribution in [0.1, 0.15) is 133 Å².